The number of amides is 1. The lowest BCUT2D eigenvalue weighted by Crippen LogP contribution is -2.41. The minimum absolute atomic E-state index is 0.0127. The molecule has 1 aliphatic rings. The van der Waals surface area contributed by atoms with E-state index in [1.165, 1.54) is 0 Å². The van der Waals surface area contributed by atoms with Gasteiger partial charge in [0.15, 0.2) is 0 Å². The molecule has 1 unspecified atom stereocenters. The minimum atomic E-state index is -0.447. The topological polar surface area (TPSA) is 80.8 Å². The summed E-state index contributed by atoms with van der Waals surface area (Å²) in [5, 5.41) is 6.26. The number of carbonyl (C=O) groups excluding carboxylic acids is 2. The number of rotatable bonds is 9. The summed E-state index contributed by atoms with van der Waals surface area (Å²) in [4.78, 5) is 32.0. The number of thiazole rings is 1. The second-order valence-corrected chi connectivity index (χ2v) is 8.82. The molecule has 1 aliphatic heterocycles. The molecule has 1 amide bonds. The third kappa shape index (κ3) is 6.77. The summed E-state index contributed by atoms with van der Waals surface area (Å²) in [6.07, 6.45) is 1.67. The fourth-order valence-corrected chi connectivity index (χ4v) is 4.45. The maximum Gasteiger partial charge on any atom is 0.308 e. The van der Waals surface area contributed by atoms with Gasteiger partial charge in [0.1, 0.15) is 5.75 Å². The van der Waals surface area contributed by atoms with Crippen molar-refractivity contribution in [2.24, 2.45) is 5.92 Å². The van der Waals surface area contributed by atoms with Crippen molar-refractivity contribution >= 4 is 23.2 Å². The van der Waals surface area contributed by atoms with E-state index in [4.69, 9.17) is 9.47 Å². The third-order valence-corrected chi connectivity index (χ3v) is 6.32. The molecule has 7 nitrogen and oxygen atoms in total. The number of hydrogen-bond acceptors (Lipinski definition) is 7. The lowest BCUT2D eigenvalue weighted by molar-refractivity contribution is -0.144. The summed E-state index contributed by atoms with van der Waals surface area (Å²) < 4.78 is 10.4. The van der Waals surface area contributed by atoms with Crippen LogP contribution in [-0.2, 0) is 20.9 Å². The first-order valence-corrected chi connectivity index (χ1v) is 11.6. The second kappa shape index (κ2) is 11.2. The van der Waals surface area contributed by atoms with E-state index in [0.717, 1.165) is 48.7 Å². The smallest absolute Gasteiger partial charge is 0.308 e. The lowest BCUT2D eigenvalue weighted by Gasteiger charge is -2.31. The number of benzene rings is 1. The van der Waals surface area contributed by atoms with Gasteiger partial charge in [0.05, 0.1) is 36.9 Å². The summed E-state index contributed by atoms with van der Waals surface area (Å²) in [5.41, 5.74) is 1.93. The molecule has 0 radical (unpaired) electrons. The predicted octanol–water partition coefficient (Wildman–Crippen LogP) is 3.48. The monoisotopic (exact) mass is 445 g/mol. The molecule has 2 aromatic rings. The third-order valence-electron chi connectivity index (χ3n) is 5.50. The van der Waals surface area contributed by atoms with Crippen LogP contribution < -0.4 is 10.1 Å². The van der Waals surface area contributed by atoms with Crippen LogP contribution in [-0.4, -0.2) is 48.6 Å². The highest BCUT2D eigenvalue weighted by molar-refractivity contribution is 7.09. The molecule has 168 valence electrons. The van der Waals surface area contributed by atoms with Gasteiger partial charge in [-0.2, -0.15) is 0 Å². The van der Waals surface area contributed by atoms with E-state index in [9.17, 15) is 9.59 Å². The average Bonchev–Trinajstić information content (AvgIpc) is 3.18. The van der Waals surface area contributed by atoms with Crippen molar-refractivity contribution in [3.63, 3.8) is 0 Å². The predicted molar refractivity (Wildman–Crippen MR) is 120 cm³/mol. The van der Waals surface area contributed by atoms with Gasteiger partial charge in [0.25, 0.3) is 0 Å². The molecule has 1 aromatic carbocycles. The zero-order chi connectivity index (χ0) is 22.2. The van der Waals surface area contributed by atoms with Crippen LogP contribution in [0.1, 0.15) is 48.5 Å². The number of aromatic nitrogens is 1. The van der Waals surface area contributed by atoms with Crippen molar-refractivity contribution in [3.05, 3.63) is 45.9 Å². The maximum absolute atomic E-state index is 13.0. The van der Waals surface area contributed by atoms with Gasteiger partial charge in [-0.25, -0.2) is 4.98 Å². The molecule has 0 saturated carbocycles. The highest BCUT2D eigenvalue weighted by Crippen LogP contribution is 2.25. The molecule has 0 spiro atoms. The minimum Gasteiger partial charge on any atom is -0.497 e. The van der Waals surface area contributed by atoms with Crippen LogP contribution in [0, 0.1) is 12.8 Å². The second-order valence-electron chi connectivity index (χ2n) is 7.76. The zero-order valence-electron chi connectivity index (χ0n) is 18.4. The standard InChI is InChI=1S/C23H31N3O4S/c1-4-30-22(27)13-21(18-6-5-7-20(12-18)29-3)25-23(28)17-8-10-26(11-9-17)14-19-15-31-16(2)24-19/h5-7,12,15,17,21H,4,8-11,13-14H2,1-3H3,(H,25,28). The Morgan fingerprint density at radius 2 is 2.10 bits per heavy atom. The van der Waals surface area contributed by atoms with Crippen LogP contribution in [0.25, 0.3) is 0 Å². The number of esters is 1. The number of likely N-dealkylation sites (tertiary alicyclic amines) is 1. The molecule has 0 aliphatic carbocycles. The van der Waals surface area contributed by atoms with Crippen LogP contribution in [0.5, 0.6) is 5.75 Å². The van der Waals surface area contributed by atoms with E-state index in [1.807, 2.05) is 31.2 Å². The van der Waals surface area contributed by atoms with Gasteiger partial charge in [-0.05, 0) is 57.5 Å². The van der Waals surface area contributed by atoms with Gasteiger partial charge >= 0.3 is 5.97 Å². The molecule has 1 atom stereocenters. The quantitative estimate of drug-likeness (QED) is 0.595. The van der Waals surface area contributed by atoms with Crippen LogP contribution in [0.3, 0.4) is 0 Å². The Labute approximate surface area is 187 Å². The zero-order valence-corrected chi connectivity index (χ0v) is 19.2. The SMILES string of the molecule is CCOC(=O)CC(NC(=O)C1CCN(Cc2csc(C)n2)CC1)c1cccc(OC)c1. The molecule has 1 N–H and O–H groups in total. The molecule has 1 saturated heterocycles. The fraction of sp³-hybridized carbons (Fsp3) is 0.522. The largest absolute Gasteiger partial charge is 0.497 e. The Bertz CT molecular complexity index is 877. The molecule has 3 rings (SSSR count). The van der Waals surface area contributed by atoms with E-state index in [0.29, 0.717) is 12.4 Å². The lowest BCUT2D eigenvalue weighted by atomic mass is 9.94. The first-order chi connectivity index (χ1) is 15.0. The van der Waals surface area contributed by atoms with E-state index in [2.05, 4.69) is 20.6 Å². The Balaban J connectivity index is 1.59. The molecule has 0 bridgehead atoms. The van der Waals surface area contributed by atoms with Crippen molar-refractivity contribution < 1.29 is 19.1 Å². The number of piperidine rings is 1. The van der Waals surface area contributed by atoms with Gasteiger partial charge in [-0.15, -0.1) is 11.3 Å². The van der Waals surface area contributed by atoms with Crippen molar-refractivity contribution in [1.82, 2.24) is 15.2 Å². The van der Waals surface area contributed by atoms with E-state index in [-0.39, 0.29) is 24.2 Å². The normalized spacial score (nSPS) is 16.0. The molecule has 31 heavy (non-hydrogen) atoms. The van der Waals surface area contributed by atoms with E-state index >= 15 is 0 Å². The Hall–Kier alpha value is -2.45. The molecule has 8 heteroatoms. The first kappa shape index (κ1) is 23.2. The molecule has 2 heterocycles. The van der Waals surface area contributed by atoms with Crippen molar-refractivity contribution in [1.29, 1.82) is 0 Å². The number of hydrogen-bond donors (Lipinski definition) is 1. The van der Waals surface area contributed by atoms with Crippen LogP contribution >= 0.6 is 11.3 Å². The van der Waals surface area contributed by atoms with Gasteiger partial charge < -0.3 is 14.8 Å². The summed E-state index contributed by atoms with van der Waals surface area (Å²) >= 11 is 1.67. The summed E-state index contributed by atoms with van der Waals surface area (Å²) in [7, 11) is 1.60. The van der Waals surface area contributed by atoms with Crippen LogP contribution in [0.15, 0.2) is 29.6 Å². The summed E-state index contributed by atoms with van der Waals surface area (Å²) in [5.74, 6) is 0.278. The highest BCUT2D eigenvalue weighted by atomic mass is 32.1. The van der Waals surface area contributed by atoms with Gasteiger partial charge in [-0.3, -0.25) is 14.5 Å². The maximum atomic E-state index is 13.0. The highest BCUT2D eigenvalue weighted by Gasteiger charge is 2.28. The Morgan fingerprint density at radius 1 is 1.32 bits per heavy atom. The molecule has 1 fully saturated rings. The van der Waals surface area contributed by atoms with Crippen molar-refractivity contribution in [2.45, 2.75) is 45.7 Å². The molecular weight excluding hydrogens is 414 g/mol. The number of nitrogens with one attached hydrogen (secondary N) is 1. The van der Waals surface area contributed by atoms with Crippen LogP contribution in [0.2, 0.25) is 0 Å². The Kier molecular flexibility index (Phi) is 8.43. The van der Waals surface area contributed by atoms with Gasteiger partial charge in [0, 0.05) is 17.8 Å². The van der Waals surface area contributed by atoms with Crippen molar-refractivity contribution in [3.8, 4) is 5.75 Å². The fourth-order valence-electron chi connectivity index (χ4n) is 3.85. The van der Waals surface area contributed by atoms with Crippen LogP contribution in [0.4, 0.5) is 0 Å². The van der Waals surface area contributed by atoms with Gasteiger partial charge in [-0.1, -0.05) is 12.1 Å². The average molecular weight is 446 g/mol. The van der Waals surface area contributed by atoms with E-state index in [1.54, 1.807) is 25.4 Å². The first-order valence-electron chi connectivity index (χ1n) is 10.7. The number of nitrogens with zero attached hydrogens (tertiary/aromatic N) is 2. The molecular formula is C23H31N3O4S. The summed E-state index contributed by atoms with van der Waals surface area (Å²) in [6, 6.07) is 7.00. The number of aryl methyl sites for hydroxylation is 1. The van der Waals surface area contributed by atoms with E-state index < -0.39 is 6.04 Å². The summed E-state index contributed by atoms with van der Waals surface area (Å²) in [6.45, 7) is 6.65. The molecule has 1 aromatic heterocycles. The van der Waals surface area contributed by atoms with Crippen molar-refractivity contribution in [2.75, 3.05) is 26.8 Å². The Morgan fingerprint density at radius 3 is 2.74 bits per heavy atom. The number of methoxy groups -OCH3 is 1. The number of ether oxygens (including phenoxy) is 2. The van der Waals surface area contributed by atoms with Gasteiger partial charge in [0.2, 0.25) is 5.91 Å². The number of carbonyl (C=O) groups is 2.